The van der Waals surface area contributed by atoms with Gasteiger partial charge in [-0.3, -0.25) is 0 Å². The lowest BCUT2D eigenvalue weighted by atomic mass is 9.35. The number of rotatable bonds is 4. The van der Waals surface area contributed by atoms with Gasteiger partial charge < -0.3 is 18.6 Å². The monoisotopic (exact) mass is 754 g/mol. The van der Waals surface area contributed by atoms with E-state index in [4.69, 9.17) is 19.4 Å². The molecule has 0 fully saturated rings. The van der Waals surface area contributed by atoms with Gasteiger partial charge >= 0.3 is 0 Å². The van der Waals surface area contributed by atoms with Gasteiger partial charge in [0, 0.05) is 38.5 Å². The van der Waals surface area contributed by atoms with Crippen molar-refractivity contribution < 1.29 is 9.47 Å². The van der Waals surface area contributed by atoms with Gasteiger partial charge in [-0.05, 0) is 82.7 Å². The van der Waals surface area contributed by atoms with E-state index in [1.165, 1.54) is 43.7 Å². The third-order valence-corrected chi connectivity index (χ3v) is 12.1. The Morgan fingerprint density at radius 1 is 0.390 bits per heavy atom. The molecule has 0 bridgehead atoms. The minimum atomic E-state index is -0.0793. The third kappa shape index (κ3) is 4.70. The number of fused-ring (bicyclic) bond motifs is 11. The van der Waals surface area contributed by atoms with E-state index in [-0.39, 0.29) is 6.71 Å². The lowest BCUT2D eigenvalue weighted by Gasteiger charge is -2.31. The second kappa shape index (κ2) is 12.3. The summed E-state index contributed by atoms with van der Waals surface area (Å²) in [5.41, 5.74) is 13.0. The lowest BCUT2D eigenvalue weighted by Crippen LogP contribution is -2.57. The molecule has 0 radical (unpaired) electrons. The molecule has 0 atom stereocenters. The Bertz CT molecular complexity index is 3450. The molecule has 7 heteroatoms. The van der Waals surface area contributed by atoms with E-state index in [2.05, 4.69) is 161 Å². The second-order valence-corrected chi connectivity index (χ2v) is 15.3. The van der Waals surface area contributed by atoms with Crippen molar-refractivity contribution in [2.24, 2.45) is 0 Å². The molecular formula is C52H31BN4O2. The minimum absolute atomic E-state index is 0.0793. The highest BCUT2D eigenvalue weighted by Gasteiger charge is 2.42. The Hall–Kier alpha value is -7.90. The maximum Gasteiger partial charge on any atom is 0.265 e. The molecule has 59 heavy (non-hydrogen) atoms. The number of nitrogens with zero attached hydrogens (tertiary/aromatic N) is 4. The van der Waals surface area contributed by atoms with E-state index in [1.807, 2.05) is 36.4 Å². The van der Waals surface area contributed by atoms with Crippen LogP contribution in [0, 0.1) is 0 Å². The molecule has 0 spiro atoms. The molecule has 274 valence electrons. The van der Waals surface area contributed by atoms with Crippen molar-refractivity contribution in [1.29, 1.82) is 0 Å². The first-order valence-electron chi connectivity index (χ1n) is 19.9. The number of hydrogen-bond acceptors (Lipinski definition) is 4. The first kappa shape index (κ1) is 32.2. The van der Waals surface area contributed by atoms with Crippen molar-refractivity contribution in [1.82, 2.24) is 19.1 Å². The predicted molar refractivity (Wildman–Crippen MR) is 239 cm³/mol. The Morgan fingerprint density at radius 3 is 1.53 bits per heavy atom. The summed E-state index contributed by atoms with van der Waals surface area (Å²) in [7, 11) is 0. The summed E-state index contributed by atoms with van der Waals surface area (Å²) in [5.74, 6) is 3.20. The van der Waals surface area contributed by atoms with Crippen molar-refractivity contribution in [3.05, 3.63) is 188 Å². The molecule has 0 saturated heterocycles. The average Bonchev–Trinajstić information content (AvgIpc) is 3.82. The molecule has 0 unspecified atom stereocenters. The summed E-state index contributed by atoms with van der Waals surface area (Å²) in [6.45, 7) is -0.0793. The van der Waals surface area contributed by atoms with Crippen molar-refractivity contribution in [3.63, 3.8) is 0 Å². The van der Waals surface area contributed by atoms with Crippen LogP contribution in [0.15, 0.2) is 188 Å². The molecule has 0 aliphatic carbocycles. The Morgan fingerprint density at radius 2 is 0.898 bits per heavy atom. The van der Waals surface area contributed by atoms with Crippen LogP contribution >= 0.6 is 0 Å². The first-order valence-corrected chi connectivity index (χ1v) is 19.9. The van der Waals surface area contributed by atoms with Gasteiger partial charge in [-0.25, -0.2) is 0 Å². The van der Waals surface area contributed by atoms with Gasteiger partial charge in [0.2, 0.25) is 11.8 Å². The van der Waals surface area contributed by atoms with Gasteiger partial charge in [0.15, 0.2) is 5.82 Å². The molecule has 11 aromatic rings. The number of ether oxygens (including phenoxy) is 2. The largest absolute Gasteiger partial charge is 0.440 e. The van der Waals surface area contributed by atoms with Gasteiger partial charge in [-0.1, -0.05) is 127 Å². The van der Waals surface area contributed by atoms with E-state index in [0.717, 1.165) is 55.9 Å². The van der Waals surface area contributed by atoms with Crippen LogP contribution in [-0.4, -0.2) is 25.8 Å². The van der Waals surface area contributed by atoms with Crippen LogP contribution in [0.5, 0.6) is 23.3 Å². The Labute approximate surface area is 339 Å². The van der Waals surface area contributed by atoms with E-state index in [0.29, 0.717) is 17.6 Å². The summed E-state index contributed by atoms with van der Waals surface area (Å²) >= 11 is 0. The quantitative estimate of drug-likeness (QED) is 0.168. The van der Waals surface area contributed by atoms with Crippen LogP contribution in [0.25, 0.3) is 77.5 Å². The number of hydrogen-bond donors (Lipinski definition) is 0. The van der Waals surface area contributed by atoms with Gasteiger partial charge in [-0.2, -0.15) is 9.97 Å². The number of aromatic nitrogens is 4. The molecule has 2 aliphatic heterocycles. The van der Waals surface area contributed by atoms with E-state index in [1.54, 1.807) is 0 Å². The maximum atomic E-state index is 6.52. The molecule has 3 aromatic heterocycles. The molecular weight excluding hydrogens is 723 g/mol. The zero-order valence-corrected chi connectivity index (χ0v) is 31.6. The standard InChI is InChI=1S/C52H31BN4O2/c1-2-13-32(14-3-1)33-25-27-35(28-26-33)56-41-21-8-4-17-37(41)47-43(56)29-30-44-48(47)38-18-5-9-22-42(38)57(44)36-16-12-15-34(31-36)50-54-51-49-52(55-50)59-46-24-11-7-20-40(46)53(49)39-19-6-10-23-45(39)58-51/h1-31H. The van der Waals surface area contributed by atoms with Gasteiger partial charge in [0.05, 0.1) is 27.5 Å². The van der Waals surface area contributed by atoms with Gasteiger partial charge in [0.25, 0.3) is 6.71 Å². The van der Waals surface area contributed by atoms with Crippen LogP contribution in [0.4, 0.5) is 0 Å². The summed E-state index contributed by atoms with van der Waals surface area (Å²) in [4.78, 5) is 10.2. The average molecular weight is 755 g/mol. The minimum Gasteiger partial charge on any atom is -0.440 e. The molecule has 0 N–H and O–H groups in total. The van der Waals surface area contributed by atoms with Crippen molar-refractivity contribution in [2.75, 3.05) is 0 Å². The highest BCUT2D eigenvalue weighted by molar-refractivity contribution is 6.98. The zero-order valence-electron chi connectivity index (χ0n) is 31.6. The third-order valence-electron chi connectivity index (χ3n) is 12.1. The highest BCUT2D eigenvalue weighted by atomic mass is 16.5. The van der Waals surface area contributed by atoms with Crippen LogP contribution in [0.3, 0.4) is 0 Å². The number of para-hydroxylation sites is 4. The highest BCUT2D eigenvalue weighted by Crippen LogP contribution is 2.43. The second-order valence-electron chi connectivity index (χ2n) is 15.3. The first-order chi connectivity index (χ1) is 29.3. The van der Waals surface area contributed by atoms with Gasteiger partial charge in [-0.15, -0.1) is 0 Å². The van der Waals surface area contributed by atoms with E-state index >= 15 is 0 Å². The zero-order chi connectivity index (χ0) is 38.6. The molecule has 8 aromatic carbocycles. The summed E-state index contributed by atoms with van der Waals surface area (Å²) in [5, 5.41) is 4.87. The van der Waals surface area contributed by atoms with Crippen LogP contribution in [-0.2, 0) is 0 Å². The fourth-order valence-corrected chi connectivity index (χ4v) is 9.56. The topological polar surface area (TPSA) is 54.1 Å². The number of benzene rings is 8. The summed E-state index contributed by atoms with van der Waals surface area (Å²) < 4.78 is 17.8. The molecule has 13 rings (SSSR count). The van der Waals surface area contributed by atoms with Gasteiger partial charge in [0.1, 0.15) is 11.5 Å². The summed E-state index contributed by atoms with van der Waals surface area (Å²) in [6.07, 6.45) is 0. The fraction of sp³-hybridized carbons (Fsp3) is 0. The molecule has 2 aliphatic rings. The maximum absolute atomic E-state index is 6.52. The van der Waals surface area contributed by atoms with E-state index < -0.39 is 0 Å². The van der Waals surface area contributed by atoms with E-state index in [9.17, 15) is 0 Å². The SMILES string of the molecule is c1ccc(-c2ccc(-n3c4ccccc4c4c5c6ccccc6n(-c6cccc(-c7nc8c9c(n7)Oc7ccccc7B9c7ccccc7O8)c6)c5ccc43)cc2)cc1. The fourth-order valence-electron chi connectivity index (χ4n) is 9.56. The van der Waals surface area contributed by atoms with Crippen LogP contribution in [0.1, 0.15) is 0 Å². The van der Waals surface area contributed by atoms with Crippen molar-refractivity contribution in [2.45, 2.75) is 0 Å². The Kier molecular flexibility index (Phi) is 6.72. The smallest absolute Gasteiger partial charge is 0.265 e. The lowest BCUT2D eigenvalue weighted by molar-refractivity contribution is 0.439. The normalized spacial score (nSPS) is 12.6. The van der Waals surface area contributed by atoms with Crippen LogP contribution in [0.2, 0.25) is 0 Å². The predicted octanol–water partition coefficient (Wildman–Crippen LogP) is 10.7. The van der Waals surface area contributed by atoms with Crippen molar-refractivity contribution in [3.8, 4) is 57.1 Å². The molecule has 5 heterocycles. The Balaban J connectivity index is 0.986. The summed E-state index contributed by atoms with van der Waals surface area (Å²) in [6, 6.07) is 66.3. The molecule has 0 amide bonds. The van der Waals surface area contributed by atoms with Crippen molar-refractivity contribution >= 4 is 66.7 Å². The molecule has 0 saturated carbocycles. The molecule has 6 nitrogen and oxygen atoms in total. The van der Waals surface area contributed by atoms with Crippen LogP contribution < -0.4 is 25.9 Å².